The fourth-order valence-electron chi connectivity index (χ4n) is 2.39. The molecule has 0 aliphatic rings. The Bertz CT molecular complexity index is 970. The van der Waals surface area contributed by atoms with Gasteiger partial charge in [-0.1, -0.05) is 0 Å². The number of rotatable bonds is 4. The number of aromatic nitrogens is 4. The quantitative estimate of drug-likeness (QED) is 0.533. The van der Waals surface area contributed by atoms with E-state index in [-0.39, 0.29) is 0 Å². The Morgan fingerprint density at radius 3 is 2.60 bits per heavy atom. The van der Waals surface area contributed by atoms with Gasteiger partial charge in [0, 0.05) is 40.7 Å². The fraction of sp³-hybridized carbons (Fsp3) is 0.0526. The van der Waals surface area contributed by atoms with Gasteiger partial charge in [0.25, 0.3) is 0 Å². The zero-order valence-electron chi connectivity index (χ0n) is 13.5. The Morgan fingerprint density at radius 1 is 1.00 bits per heavy atom. The second-order valence-electron chi connectivity index (χ2n) is 5.41. The van der Waals surface area contributed by atoms with Crippen LogP contribution in [0.2, 0.25) is 0 Å². The van der Waals surface area contributed by atoms with Crippen molar-refractivity contribution in [2.75, 3.05) is 0 Å². The Labute approximate surface area is 149 Å². The third-order valence-corrected chi connectivity index (χ3v) is 4.14. The molecule has 0 aliphatic heterocycles. The van der Waals surface area contributed by atoms with Gasteiger partial charge in [-0.3, -0.25) is 4.98 Å². The van der Waals surface area contributed by atoms with Crippen LogP contribution < -0.4 is 4.74 Å². The SMILES string of the molecule is Cc1cc(Oc2ccc(-c3cscn3)cc2)nc(-c2cccnc2)n1. The van der Waals surface area contributed by atoms with E-state index in [1.807, 2.05) is 60.3 Å². The molecule has 5 nitrogen and oxygen atoms in total. The van der Waals surface area contributed by atoms with Gasteiger partial charge in [0.1, 0.15) is 5.75 Å². The minimum atomic E-state index is 0.507. The first kappa shape index (κ1) is 15.4. The molecule has 3 aromatic heterocycles. The van der Waals surface area contributed by atoms with Gasteiger partial charge in [0.05, 0.1) is 11.2 Å². The smallest absolute Gasteiger partial charge is 0.223 e. The van der Waals surface area contributed by atoms with Crippen LogP contribution in [0.1, 0.15) is 5.69 Å². The molecule has 0 spiro atoms. The Balaban J connectivity index is 1.59. The lowest BCUT2D eigenvalue weighted by atomic mass is 10.2. The molecule has 0 saturated carbocycles. The Kier molecular flexibility index (Phi) is 4.18. The molecule has 4 rings (SSSR count). The molecule has 122 valence electrons. The fourth-order valence-corrected chi connectivity index (χ4v) is 2.95. The van der Waals surface area contributed by atoms with Crippen molar-refractivity contribution < 1.29 is 4.74 Å². The van der Waals surface area contributed by atoms with E-state index in [2.05, 4.69) is 19.9 Å². The highest BCUT2D eigenvalue weighted by atomic mass is 32.1. The van der Waals surface area contributed by atoms with Crippen LogP contribution in [0, 0.1) is 6.92 Å². The number of hydrogen-bond acceptors (Lipinski definition) is 6. The predicted octanol–water partition coefficient (Wildman–Crippen LogP) is 4.76. The van der Waals surface area contributed by atoms with Crippen molar-refractivity contribution in [2.24, 2.45) is 0 Å². The maximum absolute atomic E-state index is 5.90. The predicted molar refractivity (Wildman–Crippen MR) is 97.6 cm³/mol. The number of thiazole rings is 1. The van der Waals surface area contributed by atoms with Gasteiger partial charge < -0.3 is 4.74 Å². The van der Waals surface area contributed by atoms with E-state index in [9.17, 15) is 0 Å². The zero-order chi connectivity index (χ0) is 17.1. The lowest BCUT2D eigenvalue weighted by molar-refractivity contribution is 0.461. The van der Waals surface area contributed by atoms with Gasteiger partial charge in [-0.15, -0.1) is 11.3 Å². The number of aryl methyl sites for hydroxylation is 1. The van der Waals surface area contributed by atoms with E-state index in [1.165, 1.54) is 0 Å². The van der Waals surface area contributed by atoms with Crippen LogP contribution in [0.3, 0.4) is 0 Å². The van der Waals surface area contributed by atoms with Gasteiger partial charge in [0.15, 0.2) is 5.82 Å². The summed E-state index contributed by atoms with van der Waals surface area (Å²) in [6.07, 6.45) is 3.46. The molecule has 0 unspecified atom stereocenters. The molecule has 0 bridgehead atoms. The lowest BCUT2D eigenvalue weighted by Gasteiger charge is -2.08. The minimum absolute atomic E-state index is 0.507. The summed E-state index contributed by atoms with van der Waals surface area (Å²) >= 11 is 1.58. The molecular weight excluding hydrogens is 332 g/mol. The van der Waals surface area contributed by atoms with Gasteiger partial charge >= 0.3 is 0 Å². The third-order valence-electron chi connectivity index (χ3n) is 3.56. The van der Waals surface area contributed by atoms with Crippen LogP contribution in [0.25, 0.3) is 22.6 Å². The number of benzene rings is 1. The van der Waals surface area contributed by atoms with E-state index in [0.29, 0.717) is 17.5 Å². The Hall–Kier alpha value is -3.12. The highest BCUT2D eigenvalue weighted by molar-refractivity contribution is 7.07. The average Bonchev–Trinajstić information content (AvgIpc) is 3.17. The molecule has 0 radical (unpaired) electrons. The molecule has 0 aliphatic carbocycles. The van der Waals surface area contributed by atoms with Crippen molar-refractivity contribution in [1.29, 1.82) is 0 Å². The molecular formula is C19H14N4OS. The first-order valence-corrected chi connectivity index (χ1v) is 8.65. The summed E-state index contributed by atoms with van der Waals surface area (Å²) in [6.45, 7) is 1.92. The van der Waals surface area contributed by atoms with E-state index >= 15 is 0 Å². The molecule has 3 heterocycles. The normalized spacial score (nSPS) is 10.6. The molecule has 0 saturated heterocycles. The van der Waals surface area contributed by atoms with Crippen LogP contribution in [-0.4, -0.2) is 19.9 Å². The third kappa shape index (κ3) is 3.54. The van der Waals surface area contributed by atoms with E-state index in [4.69, 9.17) is 4.74 Å². The second-order valence-corrected chi connectivity index (χ2v) is 6.13. The highest BCUT2D eigenvalue weighted by Gasteiger charge is 2.07. The molecule has 6 heteroatoms. The minimum Gasteiger partial charge on any atom is -0.439 e. The monoisotopic (exact) mass is 346 g/mol. The Morgan fingerprint density at radius 2 is 1.88 bits per heavy atom. The molecule has 25 heavy (non-hydrogen) atoms. The van der Waals surface area contributed by atoms with E-state index in [0.717, 1.165) is 22.5 Å². The van der Waals surface area contributed by atoms with Gasteiger partial charge in [-0.2, -0.15) is 4.98 Å². The molecule has 0 N–H and O–H groups in total. The maximum Gasteiger partial charge on any atom is 0.223 e. The topological polar surface area (TPSA) is 60.8 Å². The summed E-state index contributed by atoms with van der Waals surface area (Å²) in [5.41, 5.74) is 5.54. The number of ether oxygens (including phenoxy) is 1. The molecule has 1 aromatic carbocycles. The van der Waals surface area contributed by atoms with Crippen LogP contribution >= 0.6 is 11.3 Å². The van der Waals surface area contributed by atoms with Crippen molar-refractivity contribution in [1.82, 2.24) is 19.9 Å². The van der Waals surface area contributed by atoms with Crippen molar-refractivity contribution in [3.05, 3.63) is 71.4 Å². The van der Waals surface area contributed by atoms with Crippen molar-refractivity contribution in [3.8, 4) is 34.3 Å². The van der Waals surface area contributed by atoms with Crippen molar-refractivity contribution >= 4 is 11.3 Å². The van der Waals surface area contributed by atoms with Crippen LogP contribution in [0.4, 0.5) is 0 Å². The number of pyridine rings is 1. The van der Waals surface area contributed by atoms with Crippen LogP contribution in [-0.2, 0) is 0 Å². The van der Waals surface area contributed by atoms with Crippen LogP contribution in [0.15, 0.2) is 65.7 Å². The van der Waals surface area contributed by atoms with Gasteiger partial charge in [0.2, 0.25) is 5.88 Å². The standard InChI is InChI=1S/C19H14N4OS/c1-13-9-18(23-19(22-13)15-3-2-8-20-10-15)24-16-6-4-14(5-7-16)17-11-25-12-21-17/h2-12H,1H3. The summed E-state index contributed by atoms with van der Waals surface area (Å²) in [4.78, 5) is 17.4. The summed E-state index contributed by atoms with van der Waals surface area (Å²) in [5, 5.41) is 2.02. The molecule has 0 amide bonds. The summed E-state index contributed by atoms with van der Waals surface area (Å²) in [5.74, 6) is 1.82. The summed E-state index contributed by atoms with van der Waals surface area (Å²) < 4.78 is 5.90. The first-order chi connectivity index (χ1) is 12.3. The van der Waals surface area contributed by atoms with Gasteiger partial charge in [-0.05, 0) is 43.3 Å². The molecule has 0 fully saturated rings. The lowest BCUT2D eigenvalue weighted by Crippen LogP contribution is -1.96. The van der Waals surface area contributed by atoms with E-state index < -0.39 is 0 Å². The summed E-state index contributed by atoms with van der Waals surface area (Å²) in [7, 11) is 0. The summed E-state index contributed by atoms with van der Waals surface area (Å²) in [6, 6.07) is 13.4. The highest BCUT2D eigenvalue weighted by Crippen LogP contribution is 2.26. The maximum atomic E-state index is 5.90. The van der Waals surface area contributed by atoms with E-state index in [1.54, 1.807) is 23.7 Å². The van der Waals surface area contributed by atoms with Crippen molar-refractivity contribution in [3.63, 3.8) is 0 Å². The number of nitrogens with zero attached hydrogens (tertiary/aromatic N) is 4. The molecule has 4 aromatic rings. The average molecular weight is 346 g/mol. The first-order valence-electron chi connectivity index (χ1n) is 7.70. The van der Waals surface area contributed by atoms with Crippen molar-refractivity contribution in [2.45, 2.75) is 6.92 Å². The van der Waals surface area contributed by atoms with Gasteiger partial charge in [-0.25, -0.2) is 9.97 Å². The largest absolute Gasteiger partial charge is 0.439 e. The van der Waals surface area contributed by atoms with Crippen LogP contribution in [0.5, 0.6) is 11.6 Å². The molecule has 0 atom stereocenters. The zero-order valence-corrected chi connectivity index (χ0v) is 14.3. The second kappa shape index (κ2) is 6.78. The number of hydrogen-bond donors (Lipinski definition) is 0.